The lowest BCUT2D eigenvalue weighted by atomic mass is 10.2. The van der Waals surface area contributed by atoms with E-state index >= 15 is 0 Å². The van der Waals surface area contributed by atoms with E-state index in [1.807, 2.05) is 6.07 Å². The van der Waals surface area contributed by atoms with Crippen molar-refractivity contribution in [2.24, 2.45) is 0 Å². The SMILES string of the molecule is CCN(CC)CCCNCc1cc(Br)cc([N+](=O)[O-])c1. The van der Waals surface area contributed by atoms with Crippen molar-refractivity contribution in [3.05, 3.63) is 38.3 Å². The molecular weight excluding hydrogens is 322 g/mol. The summed E-state index contributed by atoms with van der Waals surface area (Å²) in [5, 5.41) is 14.1. The molecule has 0 saturated heterocycles. The third-order valence-electron chi connectivity index (χ3n) is 3.20. The third-order valence-corrected chi connectivity index (χ3v) is 3.66. The minimum absolute atomic E-state index is 0.124. The molecule has 0 heterocycles. The van der Waals surface area contributed by atoms with Crippen LogP contribution in [0.1, 0.15) is 25.8 Å². The quantitative estimate of drug-likeness (QED) is 0.425. The average molecular weight is 344 g/mol. The van der Waals surface area contributed by atoms with Gasteiger partial charge >= 0.3 is 0 Å². The van der Waals surface area contributed by atoms with Crippen LogP contribution in [0, 0.1) is 10.1 Å². The summed E-state index contributed by atoms with van der Waals surface area (Å²) in [6, 6.07) is 5.04. The molecule has 0 fully saturated rings. The first-order chi connectivity index (χ1) is 9.56. The maximum atomic E-state index is 10.8. The Hall–Kier alpha value is -0.980. The summed E-state index contributed by atoms with van der Waals surface area (Å²) in [4.78, 5) is 12.8. The van der Waals surface area contributed by atoms with E-state index in [2.05, 4.69) is 40.0 Å². The summed E-state index contributed by atoms with van der Waals surface area (Å²) in [6.45, 7) is 9.13. The molecule has 0 aliphatic carbocycles. The normalized spacial score (nSPS) is 11.0. The topological polar surface area (TPSA) is 58.4 Å². The Morgan fingerprint density at radius 3 is 2.60 bits per heavy atom. The summed E-state index contributed by atoms with van der Waals surface area (Å²) >= 11 is 3.30. The summed E-state index contributed by atoms with van der Waals surface area (Å²) in [7, 11) is 0. The van der Waals surface area contributed by atoms with E-state index in [1.165, 1.54) is 6.07 Å². The predicted molar refractivity (Wildman–Crippen MR) is 84.9 cm³/mol. The molecule has 0 amide bonds. The number of hydrogen-bond acceptors (Lipinski definition) is 4. The van der Waals surface area contributed by atoms with Gasteiger partial charge in [-0.2, -0.15) is 0 Å². The molecule has 6 heteroatoms. The average Bonchev–Trinajstić information content (AvgIpc) is 2.42. The van der Waals surface area contributed by atoms with Crippen molar-refractivity contribution >= 4 is 21.6 Å². The van der Waals surface area contributed by atoms with Crippen LogP contribution < -0.4 is 5.32 Å². The first-order valence-electron chi connectivity index (χ1n) is 6.93. The number of benzene rings is 1. The zero-order valence-electron chi connectivity index (χ0n) is 12.1. The van der Waals surface area contributed by atoms with Crippen LogP contribution >= 0.6 is 15.9 Å². The molecule has 0 aliphatic rings. The van der Waals surface area contributed by atoms with Crippen molar-refractivity contribution in [1.29, 1.82) is 0 Å². The van der Waals surface area contributed by atoms with Crippen LogP contribution in [0.15, 0.2) is 22.7 Å². The summed E-state index contributed by atoms with van der Waals surface area (Å²) in [5.41, 5.74) is 1.05. The van der Waals surface area contributed by atoms with Gasteiger partial charge in [0, 0.05) is 23.2 Å². The van der Waals surface area contributed by atoms with Gasteiger partial charge in [-0.05, 0) is 44.2 Å². The number of nitrogens with zero attached hydrogens (tertiary/aromatic N) is 2. The number of rotatable bonds is 9. The van der Waals surface area contributed by atoms with E-state index in [0.29, 0.717) is 6.54 Å². The number of nitro groups is 1. The molecule has 20 heavy (non-hydrogen) atoms. The molecule has 0 atom stereocenters. The van der Waals surface area contributed by atoms with Gasteiger partial charge in [0.05, 0.1) is 4.92 Å². The number of nitro benzene ring substituents is 1. The molecule has 1 aromatic carbocycles. The number of non-ortho nitro benzene ring substituents is 1. The monoisotopic (exact) mass is 343 g/mol. The Morgan fingerprint density at radius 1 is 1.30 bits per heavy atom. The van der Waals surface area contributed by atoms with E-state index in [0.717, 1.165) is 42.6 Å². The molecule has 0 radical (unpaired) electrons. The highest BCUT2D eigenvalue weighted by atomic mass is 79.9. The Labute approximate surface area is 128 Å². The highest BCUT2D eigenvalue weighted by molar-refractivity contribution is 9.10. The lowest BCUT2D eigenvalue weighted by Gasteiger charge is -2.17. The number of halogens is 1. The second-order valence-corrected chi connectivity index (χ2v) is 5.55. The zero-order chi connectivity index (χ0) is 15.0. The molecule has 0 bridgehead atoms. The lowest BCUT2D eigenvalue weighted by molar-refractivity contribution is -0.385. The maximum absolute atomic E-state index is 10.8. The van der Waals surface area contributed by atoms with Crippen LogP contribution in [0.4, 0.5) is 5.69 Å². The Bertz CT molecular complexity index is 436. The Balaban J connectivity index is 2.37. The van der Waals surface area contributed by atoms with Crippen LogP contribution in [0.5, 0.6) is 0 Å². The second-order valence-electron chi connectivity index (χ2n) is 4.63. The van der Waals surface area contributed by atoms with E-state index in [4.69, 9.17) is 0 Å². The van der Waals surface area contributed by atoms with Crippen LogP contribution in [0.3, 0.4) is 0 Å². The van der Waals surface area contributed by atoms with Gasteiger partial charge < -0.3 is 10.2 Å². The molecule has 0 saturated carbocycles. The van der Waals surface area contributed by atoms with Crippen molar-refractivity contribution < 1.29 is 4.92 Å². The van der Waals surface area contributed by atoms with E-state index in [1.54, 1.807) is 6.07 Å². The molecule has 0 aliphatic heterocycles. The van der Waals surface area contributed by atoms with E-state index in [-0.39, 0.29) is 10.6 Å². The first-order valence-corrected chi connectivity index (χ1v) is 7.73. The fourth-order valence-corrected chi connectivity index (χ4v) is 2.57. The highest BCUT2D eigenvalue weighted by Gasteiger charge is 2.08. The Morgan fingerprint density at radius 2 is 2.00 bits per heavy atom. The fourth-order valence-electron chi connectivity index (χ4n) is 2.04. The van der Waals surface area contributed by atoms with Crippen molar-refractivity contribution in [2.75, 3.05) is 26.2 Å². The van der Waals surface area contributed by atoms with Gasteiger partial charge in [-0.25, -0.2) is 0 Å². The summed E-state index contributed by atoms with van der Waals surface area (Å²) in [5.74, 6) is 0. The smallest absolute Gasteiger partial charge is 0.270 e. The molecule has 112 valence electrons. The third kappa shape index (κ3) is 5.98. The molecule has 1 aromatic rings. The molecule has 1 N–H and O–H groups in total. The summed E-state index contributed by atoms with van der Waals surface area (Å²) < 4.78 is 0.742. The van der Waals surface area contributed by atoms with Gasteiger partial charge in [-0.3, -0.25) is 10.1 Å². The second kappa shape index (κ2) is 9.05. The fraction of sp³-hybridized carbons (Fsp3) is 0.571. The van der Waals surface area contributed by atoms with Gasteiger partial charge in [0.2, 0.25) is 0 Å². The van der Waals surface area contributed by atoms with Crippen LogP contribution in [0.25, 0.3) is 0 Å². The van der Waals surface area contributed by atoms with Gasteiger partial charge in [0.1, 0.15) is 0 Å². The lowest BCUT2D eigenvalue weighted by Crippen LogP contribution is -2.27. The van der Waals surface area contributed by atoms with Crippen LogP contribution in [0.2, 0.25) is 0 Å². The van der Waals surface area contributed by atoms with Crippen molar-refractivity contribution in [1.82, 2.24) is 10.2 Å². The molecule has 0 spiro atoms. The summed E-state index contributed by atoms with van der Waals surface area (Å²) in [6.07, 6.45) is 1.08. The van der Waals surface area contributed by atoms with Gasteiger partial charge in [0.25, 0.3) is 5.69 Å². The van der Waals surface area contributed by atoms with Crippen molar-refractivity contribution in [2.45, 2.75) is 26.8 Å². The standard InChI is InChI=1S/C14H22BrN3O2/c1-3-17(4-2)7-5-6-16-11-12-8-13(15)10-14(9-12)18(19)20/h8-10,16H,3-7,11H2,1-2H3. The van der Waals surface area contributed by atoms with E-state index < -0.39 is 0 Å². The Kier molecular flexibility index (Phi) is 7.72. The number of nitrogens with one attached hydrogen (secondary N) is 1. The molecule has 0 unspecified atom stereocenters. The van der Waals surface area contributed by atoms with Gasteiger partial charge in [0.15, 0.2) is 0 Å². The van der Waals surface area contributed by atoms with Crippen LogP contribution in [-0.4, -0.2) is 36.0 Å². The molecule has 0 aromatic heterocycles. The maximum Gasteiger partial charge on any atom is 0.270 e. The van der Waals surface area contributed by atoms with Gasteiger partial charge in [-0.15, -0.1) is 0 Å². The largest absolute Gasteiger partial charge is 0.313 e. The minimum Gasteiger partial charge on any atom is -0.313 e. The minimum atomic E-state index is -0.366. The molecule has 1 rings (SSSR count). The molecular formula is C14H22BrN3O2. The number of hydrogen-bond donors (Lipinski definition) is 1. The zero-order valence-corrected chi connectivity index (χ0v) is 13.6. The van der Waals surface area contributed by atoms with Gasteiger partial charge in [-0.1, -0.05) is 29.8 Å². The van der Waals surface area contributed by atoms with Crippen LogP contribution in [-0.2, 0) is 6.54 Å². The highest BCUT2D eigenvalue weighted by Crippen LogP contribution is 2.21. The van der Waals surface area contributed by atoms with E-state index in [9.17, 15) is 10.1 Å². The first kappa shape index (κ1) is 17.1. The van der Waals surface area contributed by atoms with Crippen molar-refractivity contribution in [3.63, 3.8) is 0 Å². The molecule has 5 nitrogen and oxygen atoms in total. The predicted octanol–water partition coefficient (Wildman–Crippen LogP) is 3.18. The van der Waals surface area contributed by atoms with Crippen molar-refractivity contribution in [3.8, 4) is 0 Å².